The topological polar surface area (TPSA) is 62.1 Å². The van der Waals surface area contributed by atoms with E-state index in [1.54, 1.807) is 30.3 Å². The maximum Gasteiger partial charge on any atom is 0.417 e. The number of hydrogen-bond donors (Lipinski definition) is 1. The lowest BCUT2D eigenvalue weighted by Crippen LogP contribution is -2.10. The highest BCUT2D eigenvalue weighted by molar-refractivity contribution is 5.89. The summed E-state index contributed by atoms with van der Waals surface area (Å²) in [7, 11) is 1.30. The van der Waals surface area contributed by atoms with Crippen LogP contribution in [0.1, 0.15) is 27.0 Å². The smallest absolute Gasteiger partial charge is 0.417 e. The summed E-state index contributed by atoms with van der Waals surface area (Å²) in [5, 5.41) is 11.7. The van der Waals surface area contributed by atoms with Gasteiger partial charge in [-0.2, -0.15) is 18.4 Å². The molecule has 0 aliphatic rings. The normalized spacial score (nSPS) is 10.8. The molecular weight excluding hydrogens is 333 g/mol. The van der Waals surface area contributed by atoms with E-state index in [9.17, 15) is 18.0 Å². The first-order valence-electron chi connectivity index (χ1n) is 7.37. The molecule has 1 N–H and O–H groups in total. The molecule has 0 spiro atoms. The molecule has 7 heteroatoms. The third-order valence-electron chi connectivity index (χ3n) is 3.56. The molecule has 0 aromatic heterocycles. The third-order valence-corrected chi connectivity index (χ3v) is 3.56. The van der Waals surface area contributed by atoms with Gasteiger partial charge in [0.25, 0.3) is 0 Å². The van der Waals surface area contributed by atoms with E-state index in [-0.39, 0.29) is 5.69 Å². The summed E-state index contributed by atoms with van der Waals surface area (Å²) in [6.07, 6.45) is -4.02. The average molecular weight is 348 g/mol. The van der Waals surface area contributed by atoms with Crippen LogP contribution >= 0.6 is 0 Å². The Morgan fingerprint density at radius 1 is 1.20 bits per heavy atom. The van der Waals surface area contributed by atoms with Gasteiger partial charge in [0.05, 0.1) is 29.9 Å². The molecule has 0 aliphatic carbocycles. The molecule has 0 saturated heterocycles. The van der Waals surface area contributed by atoms with Gasteiger partial charge in [-0.3, -0.25) is 0 Å². The van der Waals surface area contributed by atoms with Crippen molar-refractivity contribution in [3.8, 4) is 6.07 Å². The van der Waals surface area contributed by atoms with Crippen LogP contribution in [0.15, 0.2) is 42.5 Å². The fourth-order valence-electron chi connectivity index (χ4n) is 2.26. The minimum Gasteiger partial charge on any atom is -0.465 e. The number of methoxy groups -OCH3 is 1. The SMILES string of the molecule is COC(=O)c1ccc(CCNc2ccc(C#N)c(C(F)(F)F)c2)cc1. The molecule has 0 radical (unpaired) electrons. The summed E-state index contributed by atoms with van der Waals surface area (Å²) in [6, 6.07) is 11.8. The van der Waals surface area contributed by atoms with Crippen LogP contribution in [0.3, 0.4) is 0 Å². The molecule has 0 bridgehead atoms. The second-order valence-corrected chi connectivity index (χ2v) is 5.24. The van der Waals surface area contributed by atoms with Crippen LogP contribution in [0.2, 0.25) is 0 Å². The zero-order chi connectivity index (χ0) is 18.4. The quantitative estimate of drug-likeness (QED) is 0.829. The van der Waals surface area contributed by atoms with Crippen molar-refractivity contribution < 1.29 is 22.7 Å². The van der Waals surface area contributed by atoms with Gasteiger partial charge in [-0.05, 0) is 42.3 Å². The van der Waals surface area contributed by atoms with Crippen LogP contribution in [0.25, 0.3) is 0 Å². The maximum atomic E-state index is 12.9. The number of nitrogens with zero attached hydrogens (tertiary/aromatic N) is 1. The first-order chi connectivity index (χ1) is 11.8. The van der Waals surface area contributed by atoms with E-state index in [0.29, 0.717) is 18.5 Å². The highest BCUT2D eigenvalue weighted by Gasteiger charge is 2.33. The van der Waals surface area contributed by atoms with E-state index >= 15 is 0 Å². The van der Waals surface area contributed by atoms with Gasteiger partial charge in [-0.1, -0.05) is 12.1 Å². The molecule has 0 heterocycles. The van der Waals surface area contributed by atoms with Crippen molar-refractivity contribution in [2.45, 2.75) is 12.6 Å². The minimum absolute atomic E-state index is 0.289. The predicted octanol–water partition coefficient (Wildman–Crippen LogP) is 4.02. The largest absolute Gasteiger partial charge is 0.465 e. The highest BCUT2D eigenvalue weighted by Crippen LogP contribution is 2.33. The van der Waals surface area contributed by atoms with Gasteiger partial charge in [0.2, 0.25) is 0 Å². The number of nitrogens with one attached hydrogen (secondary N) is 1. The summed E-state index contributed by atoms with van der Waals surface area (Å²) in [6.45, 7) is 0.404. The van der Waals surface area contributed by atoms with Crippen LogP contribution in [-0.4, -0.2) is 19.6 Å². The van der Waals surface area contributed by atoms with E-state index in [0.717, 1.165) is 17.7 Å². The third kappa shape index (κ3) is 4.73. The van der Waals surface area contributed by atoms with Crippen molar-refractivity contribution >= 4 is 11.7 Å². The molecule has 0 fully saturated rings. The number of anilines is 1. The Morgan fingerprint density at radius 3 is 2.44 bits per heavy atom. The Labute approximate surface area is 142 Å². The van der Waals surface area contributed by atoms with Crippen molar-refractivity contribution in [2.75, 3.05) is 19.0 Å². The molecule has 2 aromatic carbocycles. The van der Waals surface area contributed by atoms with Crippen LogP contribution in [0, 0.1) is 11.3 Å². The van der Waals surface area contributed by atoms with Crippen molar-refractivity contribution in [1.82, 2.24) is 0 Å². The molecular formula is C18H15F3N2O2. The summed E-state index contributed by atoms with van der Waals surface area (Å²) >= 11 is 0. The van der Waals surface area contributed by atoms with Crippen molar-refractivity contribution in [3.63, 3.8) is 0 Å². The molecule has 4 nitrogen and oxygen atoms in total. The first kappa shape index (κ1) is 18.3. The Balaban J connectivity index is 2.00. The Bertz CT molecular complexity index is 793. The minimum atomic E-state index is -4.58. The van der Waals surface area contributed by atoms with E-state index in [4.69, 9.17) is 5.26 Å². The van der Waals surface area contributed by atoms with Crippen molar-refractivity contribution in [1.29, 1.82) is 5.26 Å². The zero-order valence-electron chi connectivity index (χ0n) is 13.4. The van der Waals surface area contributed by atoms with Crippen molar-refractivity contribution in [3.05, 3.63) is 64.7 Å². The van der Waals surface area contributed by atoms with E-state index < -0.39 is 23.3 Å². The number of carbonyl (C=O) groups excluding carboxylic acids is 1. The van der Waals surface area contributed by atoms with Gasteiger partial charge in [-0.25, -0.2) is 4.79 Å². The first-order valence-corrected chi connectivity index (χ1v) is 7.37. The Morgan fingerprint density at radius 2 is 1.88 bits per heavy atom. The lowest BCUT2D eigenvalue weighted by molar-refractivity contribution is -0.137. The molecule has 130 valence electrons. The van der Waals surface area contributed by atoms with Gasteiger partial charge in [0.1, 0.15) is 0 Å². The summed E-state index contributed by atoms with van der Waals surface area (Å²) in [4.78, 5) is 11.3. The van der Waals surface area contributed by atoms with E-state index in [1.807, 2.05) is 0 Å². The zero-order valence-corrected chi connectivity index (χ0v) is 13.4. The van der Waals surface area contributed by atoms with Gasteiger partial charge >= 0.3 is 12.1 Å². The molecule has 2 rings (SSSR count). The standard InChI is InChI=1S/C18H15F3N2O2/c1-25-17(24)13-4-2-12(3-5-13)8-9-23-15-7-6-14(11-22)16(10-15)18(19,20)21/h2-7,10,23H,8-9H2,1H3. The fraction of sp³-hybridized carbons (Fsp3) is 0.222. The van der Waals surface area contributed by atoms with Gasteiger partial charge < -0.3 is 10.1 Å². The summed E-state index contributed by atoms with van der Waals surface area (Å²) < 4.78 is 43.4. The van der Waals surface area contributed by atoms with Gasteiger partial charge in [0, 0.05) is 12.2 Å². The molecule has 0 saturated carbocycles. The number of benzene rings is 2. The Kier molecular flexibility index (Phi) is 5.65. The van der Waals surface area contributed by atoms with Crippen LogP contribution in [0.4, 0.5) is 18.9 Å². The van der Waals surface area contributed by atoms with Crippen LogP contribution in [-0.2, 0) is 17.3 Å². The molecule has 0 atom stereocenters. The number of rotatable bonds is 5. The number of ether oxygens (including phenoxy) is 1. The maximum absolute atomic E-state index is 12.9. The van der Waals surface area contributed by atoms with Gasteiger partial charge in [0.15, 0.2) is 0 Å². The molecule has 2 aromatic rings. The summed E-state index contributed by atoms with van der Waals surface area (Å²) in [5.74, 6) is -0.429. The van der Waals surface area contributed by atoms with Crippen LogP contribution in [0.5, 0.6) is 0 Å². The fourth-order valence-corrected chi connectivity index (χ4v) is 2.26. The number of alkyl halides is 3. The molecule has 0 aliphatic heterocycles. The lowest BCUT2D eigenvalue weighted by atomic mass is 10.1. The molecule has 0 amide bonds. The number of hydrogen-bond acceptors (Lipinski definition) is 4. The Hall–Kier alpha value is -3.01. The average Bonchev–Trinajstić information content (AvgIpc) is 2.60. The lowest BCUT2D eigenvalue weighted by Gasteiger charge is -2.12. The second-order valence-electron chi connectivity index (χ2n) is 5.24. The predicted molar refractivity (Wildman–Crippen MR) is 86.1 cm³/mol. The van der Waals surface area contributed by atoms with Gasteiger partial charge in [-0.15, -0.1) is 0 Å². The number of halogens is 3. The monoisotopic (exact) mass is 348 g/mol. The number of nitriles is 1. The highest BCUT2D eigenvalue weighted by atomic mass is 19.4. The van der Waals surface area contributed by atoms with Crippen LogP contribution < -0.4 is 5.32 Å². The number of carbonyl (C=O) groups is 1. The second kappa shape index (κ2) is 7.71. The van der Waals surface area contributed by atoms with E-state index in [1.165, 1.54) is 13.2 Å². The molecule has 25 heavy (non-hydrogen) atoms. The number of esters is 1. The van der Waals surface area contributed by atoms with E-state index in [2.05, 4.69) is 10.1 Å². The van der Waals surface area contributed by atoms with Crippen molar-refractivity contribution in [2.24, 2.45) is 0 Å². The summed E-state index contributed by atoms with van der Waals surface area (Å²) in [5.41, 5.74) is 0.280. The molecule has 0 unspecified atom stereocenters.